The summed E-state index contributed by atoms with van der Waals surface area (Å²) < 4.78 is 5.54. The van der Waals surface area contributed by atoms with Gasteiger partial charge >= 0.3 is 12.1 Å². The zero-order chi connectivity index (χ0) is 23.1. The summed E-state index contributed by atoms with van der Waals surface area (Å²) in [7, 11) is 0. The van der Waals surface area contributed by atoms with E-state index in [1.54, 1.807) is 0 Å². The molecule has 0 saturated carbocycles. The molecule has 0 aliphatic heterocycles. The van der Waals surface area contributed by atoms with Crippen LogP contribution >= 0.6 is 0 Å². The number of amides is 2. The van der Waals surface area contributed by atoms with Crippen molar-refractivity contribution in [1.82, 2.24) is 10.6 Å². The van der Waals surface area contributed by atoms with Crippen molar-refractivity contribution in [2.24, 2.45) is 5.92 Å². The summed E-state index contributed by atoms with van der Waals surface area (Å²) in [6.45, 7) is 4.12. The molecule has 1 aliphatic rings. The maximum Gasteiger partial charge on any atom is 0.407 e. The van der Waals surface area contributed by atoms with E-state index < -0.39 is 18.1 Å². The van der Waals surface area contributed by atoms with Gasteiger partial charge in [0.1, 0.15) is 12.6 Å². The van der Waals surface area contributed by atoms with Crippen LogP contribution in [0, 0.1) is 5.92 Å². The smallest absolute Gasteiger partial charge is 0.407 e. The SMILES string of the molecule is CC(C)C[C@H](NC(=O)OCC1c2ccccc2-c2ccccc21)C(=O)NC/C=C/C(=O)O. The largest absolute Gasteiger partial charge is 0.478 e. The third kappa shape index (κ3) is 5.75. The number of hydrogen-bond acceptors (Lipinski definition) is 4. The number of benzene rings is 2. The Balaban J connectivity index is 1.62. The molecule has 3 N–H and O–H groups in total. The van der Waals surface area contributed by atoms with Gasteiger partial charge in [0, 0.05) is 18.5 Å². The maximum absolute atomic E-state index is 12.5. The van der Waals surface area contributed by atoms with Crippen molar-refractivity contribution in [2.45, 2.75) is 32.2 Å². The summed E-state index contributed by atoms with van der Waals surface area (Å²) in [6, 6.07) is 15.4. The molecule has 0 bridgehead atoms. The van der Waals surface area contributed by atoms with Crippen LogP contribution in [0.1, 0.15) is 37.3 Å². The first kappa shape index (κ1) is 23.1. The molecule has 7 heteroatoms. The van der Waals surface area contributed by atoms with Gasteiger partial charge in [0.05, 0.1) is 0 Å². The fourth-order valence-corrected chi connectivity index (χ4v) is 3.93. The number of rotatable bonds is 9. The van der Waals surface area contributed by atoms with Crippen molar-refractivity contribution in [3.8, 4) is 11.1 Å². The first-order valence-corrected chi connectivity index (χ1v) is 10.7. The summed E-state index contributed by atoms with van der Waals surface area (Å²) >= 11 is 0. The highest BCUT2D eigenvalue weighted by molar-refractivity contribution is 5.86. The number of alkyl carbamates (subject to hydrolysis) is 1. The highest BCUT2D eigenvalue weighted by Gasteiger charge is 2.29. The molecular formula is C25H28N2O5. The number of nitrogens with one attached hydrogen (secondary N) is 2. The van der Waals surface area contributed by atoms with Crippen LogP contribution in [0.15, 0.2) is 60.7 Å². The lowest BCUT2D eigenvalue weighted by atomic mass is 9.98. The molecule has 2 amide bonds. The number of ether oxygens (including phenoxy) is 1. The molecule has 2 aromatic carbocycles. The second-order valence-electron chi connectivity index (χ2n) is 8.14. The van der Waals surface area contributed by atoms with Crippen LogP contribution in [-0.4, -0.2) is 42.3 Å². The average molecular weight is 437 g/mol. The number of carbonyl (C=O) groups excluding carboxylic acids is 2. The molecule has 3 rings (SSSR count). The normalized spacial score (nSPS) is 13.5. The summed E-state index contributed by atoms with van der Waals surface area (Å²) in [4.78, 5) is 35.5. The Morgan fingerprint density at radius 2 is 1.62 bits per heavy atom. The van der Waals surface area contributed by atoms with Gasteiger partial charge < -0.3 is 20.5 Å². The van der Waals surface area contributed by atoms with Gasteiger partial charge in [0.15, 0.2) is 0 Å². The van der Waals surface area contributed by atoms with Gasteiger partial charge in [0.25, 0.3) is 0 Å². The van der Waals surface area contributed by atoms with Crippen LogP contribution in [-0.2, 0) is 14.3 Å². The van der Waals surface area contributed by atoms with Gasteiger partial charge in [-0.25, -0.2) is 9.59 Å². The van der Waals surface area contributed by atoms with Crippen LogP contribution in [0.4, 0.5) is 4.79 Å². The second-order valence-corrected chi connectivity index (χ2v) is 8.14. The number of fused-ring (bicyclic) bond motifs is 3. The van der Waals surface area contributed by atoms with E-state index in [2.05, 4.69) is 22.8 Å². The van der Waals surface area contributed by atoms with E-state index in [9.17, 15) is 14.4 Å². The van der Waals surface area contributed by atoms with Gasteiger partial charge in [-0.15, -0.1) is 0 Å². The Morgan fingerprint density at radius 3 is 2.19 bits per heavy atom. The van der Waals surface area contributed by atoms with Crippen molar-refractivity contribution in [3.63, 3.8) is 0 Å². The molecule has 0 heterocycles. The van der Waals surface area contributed by atoms with Crippen molar-refractivity contribution >= 4 is 18.0 Å². The third-order valence-corrected chi connectivity index (χ3v) is 5.31. The van der Waals surface area contributed by atoms with Crippen molar-refractivity contribution in [2.75, 3.05) is 13.2 Å². The zero-order valence-electron chi connectivity index (χ0n) is 18.2. The van der Waals surface area contributed by atoms with Gasteiger partial charge in [-0.3, -0.25) is 4.79 Å². The fraction of sp³-hybridized carbons (Fsp3) is 0.320. The van der Waals surface area contributed by atoms with Gasteiger partial charge in [-0.1, -0.05) is 68.5 Å². The standard InChI is InChI=1S/C25H28N2O5/c1-16(2)14-22(24(30)26-13-7-12-23(28)29)27-25(31)32-15-21-19-10-5-3-8-17(19)18-9-4-6-11-20(18)21/h3-12,16,21-22H,13-15H2,1-2H3,(H,26,30)(H,27,31)(H,28,29)/b12-7+/t22-/m0/s1. The highest BCUT2D eigenvalue weighted by Crippen LogP contribution is 2.44. The molecule has 32 heavy (non-hydrogen) atoms. The van der Waals surface area contributed by atoms with E-state index in [-0.39, 0.29) is 30.9 Å². The van der Waals surface area contributed by atoms with Crippen LogP contribution < -0.4 is 10.6 Å². The maximum atomic E-state index is 12.5. The minimum absolute atomic E-state index is 0.0616. The number of aliphatic carboxylic acids is 1. The summed E-state index contributed by atoms with van der Waals surface area (Å²) in [5.74, 6) is -1.38. The Kier molecular flexibility index (Phi) is 7.65. The predicted octanol–water partition coefficient (Wildman–Crippen LogP) is 3.70. The van der Waals surface area contributed by atoms with Gasteiger partial charge in [-0.2, -0.15) is 0 Å². The molecule has 0 saturated heterocycles. The Bertz CT molecular complexity index is 969. The lowest BCUT2D eigenvalue weighted by molar-refractivity contribution is -0.131. The first-order chi connectivity index (χ1) is 15.4. The molecule has 0 aromatic heterocycles. The van der Waals surface area contributed by atoms with Gasteiger partial charge in [-0.05, 0) is 34.6 Å². The third-order valence-electron chi connectivity index (χ3n) is 5.31. The van der Waals surface area contributed by atoms with E-state index in [1.807, 2.05) is 50.2 Å². The molecule has 0 unspecified atom stereocenters. The average Bonchev–Trinajstić information content (AvgIpc) is 3.08. The van der Waals surface area contributed by atoms with E-state index in [4.69, 9.17) is 9.84 Å². The minimum Gasteiger partial charge on any atom is -0.478 e. The lowest BCUT2D eigenvalue weighted by Crippen LogP contribution is -2.47. The quantitative estimate of drug-likeness (QED) is 0.520. The minimum atomic E-state index is -1.09. The summed E-state index contributed by atoms with van der Waals surface area (Å²) in [6.07, 6.45) is 2.06. The molecule has 0 spiro atoms. The van der Waals surface area contributed by atoms with Gasteiger partial charge in [0.2, 0.25) is 5.91 Å². The van der Waals surface area contributed by atoms with E-state index in [0.29, 0.717) is 6.42 Å². The van der Waals surface area contributed by atoms with E-state index >= 15 is 0 Å². The summed E-state index contributed by atoms with van der Waals surface area (Å²) in [5, 5.41) is 13.9. The van der Waals surface area contributed by atoms with Crippen molar-refractivity contribution in [1.29, 1.82) is 0 Å². The van der Waals surface area contributed by atoms with Crippen LogP contribution in [0.25, 0.3) is 11.1 Å². The Morgan fingerprint density at radius 1 is 1.03 bits per heavy atom. The second kappa shape index (κ2) is 10.6. The molecule has 2 aromatic rings. The Labute approximate surface area is 187 Å². The van der Waals surface area contributed by atoms with Crippen molar-refractivity contribution < 1.29 is 24.2 Å². The van der Waals surface area contributed by atoms with E-state index in [1.165, 1.54) is 6.08 Å². The summed E-state index contributed by atoms with van der Waals surface area (Å²) in [5.41, 5.74) is 4.51. The first-order valence-electron chi connectivity index (χ1n) is 10.7. The number of carboxylic acids is 1. The van der Waals surface area contributed by atoms with Crippen molar-refractivity contribution in [3.05, 3.63) is 71.8 Å². The highest BCUT2D eigenvalue weighted by atomic mass is 16.5. The van der Waals surface area contributed by atoms with Crippen LogP contribution in [0.2, 0.25) is 0 Å². The molecule has 0 radical (unpaired) electrons. The van der Waals surface area contributed by atoms with Crippen LogP contribution in [0.3, 0.4) is 0 Å². The number of carboxylic acid groups (broad SMARTS) is 1. The number of hydrogen-bond donors (Lipinski definition) is 3. The fourth-order valence-electron chi connectivity index (χ4n) is 3.93. The zero-order valence-corrected chi connectivity index (χ0v) is 18.2. The number of carbonyl (C=O) groups is 3. The molecule has 1 aliphatic carbocycles. The predicted molar refractivity (Wildman–Crippen MR) is 121 cm³/mol. The molecule has 1 atom stereocenters. The van der Waals surface area contributed by atoms with Crippen LogP contribution in [0.5, 0.6) is 0 Å². The molecule has 168 valence electrons. The molecular weight excluding hydrogens is 408 g/mol. The lowest BCUT2D eigenvalue weighted by Gasteiger charge is -2.20. The topological polar surface area (TPSA) is 105 Å². The Hall–Kier alpha value is -3.61. The molecule has 0 fully saturated rings. The molecule has 7 nitrogen and oxygen atoms in total. The van der Waals surface area contributed by atoms with E-state index in [0.717, 1.165) is 28.3 Å². The monoisotopic (exact) mass is 436 g/mol.